The molecule has 0 aliphatic carbocycles. The Hall–Kier alpha value is -0.850. The van der Waals surface area contributed by atoms with E-state index in [1.54, 1.807) is 6.08 Å². The van der Waals surface area contributed by atoms with Crippen LogP contribution in [0.4, 0.5) is 0 Å². The van der Waals surface area contributed by atoms with E-state index in [9.17, 15) is 4.79 Å². The SMILES string of the molecule is CCCCCCCCCCCCCC=CCCC=CC=O. The highest BCUT2D eigenvalue weighted by molar-refractivity contribution is 5.64. The Bertz CT molecular complexity index is 253. The summed E-state index contributed by atoms with van der Waals surface area (Å²) in [6, 6.07) is 0. The number of hydrogen-bond donors (Lipinski definition) is 0. The van der Waals surface area contributed by atoms with E-state index in [-0.39, 0.29) is 0 Å². The molecule has 0 aliphatic heterocycles. The monoisotopic (exact) mass is 292 g/mol. The first-order valence-electron chi connectivity index (χ1n) is 9.17. The summed E-state index contributed by atoms with van der Waals surface area (Å²) >= 11 is 0. The minimum atomic E-state index is 0.842. The quantitative estimate of drug-likeness (QED) is 0.133. The molecule has 0 N–H and O–H groups in total. The van der Waals surface area contributed by atoms with Crippen molar-refractivity contribution in [3.8, 4) is 0 Å². The van der Waals surface area contributed by atoms with E-state index < -0.39 is 0 Å². The maximum Gasteiger partial charge on any atom is 0.142 e. The number of aldehydes is 1. The zero-order valence-electron chi connectivity index (χ0n) is 14.2. The predicted molar refractivity (Wildman–Crippen MR) is 94.7 cm³/mol. The molecule has 0 spiro atoms. The Kier molecular flexibility index (Phi) is 18.4. The third-order valence-corrected chi connectivity index (χ3v) is 3.86. The average Bonchev–Trinajstić information content (AvgIpc) is 2.50. The van der Waals surface area contributed by atoms with E-state index in [4.69, 9.17) is 0 Å². The second-order valence-electron chi connectivity index (χ2n) is 5.94. The number of unbranched alkanes of at least 4 members (excludes halogenated alkanes) is 12. The lowest BCUT2D eigenvalue weighted by Crippen LogP contribution is -1.82. The lowest BCUT2D eigenvalue weighted by atomic mass is 10.1. The van der Waals surface area contributed by atoms with Crippen LogP contribution in [0, 0.1) is 0 Å². The van der Waals surface area contributed by atoms with Crippen molar-refractivity contribution in [3.63, 3.8) is 0 Å². The zero-order valence-corrected chi connectivity index (χ0v) is 14.2. The van der Waals surface area contributed by atoms with Crippen LogP contribution in [0.25, 0.3) is 0 Å². The summed E-state index contributed by atoms with van der Waals surface area (Å²) in [6.45, 7) is 2.28. The van der Waals surface area contributed by atoms with Crippen molar-refractivity contribution in [2.75, 3.05) is 0 Å². The van der Waals surface area contributed by atoms with Crippen molar-refractivity contribution < 1.29 is 4.79 Å². The molecule has 0 aromatic heterocycles. The first-order valence-corrected chi connectivity index (χ1v) is 9.17. The molecule has 0 atom stereocenters. The minimum absolute atomic E-state index is 0.842. The van der Waals surface area contributed by atoms with Crippen LogP contribution in [0.15, 0.2) is 24.3 Å². The number of carbonyl (C=O) groups is 1. The highest BCUT2D eigenvalue weighted by Gasteiger charge is 1.92. The molecule has 122 valence electrons. The van der Waals surface area contributed by atoms with Crippen molar-refractivity contribution >= 4 is 6.29 Å². The second kappa shape index (κ2) is 19.1. The van der Waals surface area contributed by atoms with Gasteiger partial charge in [0.15, 0.2) is 0 Å². The second-order valence-corrected chi connectivity index (χ2v) is 5.94. The summed E-state index contributed by atoms with van der Waals surface area (Å²) in [5.41, 5.74) is 0. The summed E-state index contributed by atoms with van der Waals surface area (Å²) in [4.78, 5) is 10.1. The van der Waals surface area contributed by atoms with Crippen molar-refractivity contribution in [3.05, 3.63) is 24.3 Å². The van der Waals surface area contributed by atoms with Gasteiger partial charge in [0.1, 0.15) is 6.29 Å². The van der Waals surface area contributed by atoms with Crippen LogP contribution < -0.4 is 0 Å². The third-order valence-electron chi connectivity index (χ3n) is 3.86. The van der Waals surface area contributed by atoms with Gasteiger partial charge < -0.3 is 0 Å². The average molecular weight is 293 g/mol. The largest absolute Gasteiger partial charge is 0.299 e. The minimum Gasteiger partial charge on any atom is -0.299 e. The molecule has 0 bridgehead atoms. The summed E-state index contributed by atoms with van der Waals surface area (Å²) in [6.07, 6.45) is 27.7. The molecular formula is C20H36O. The van der Waals surface area contributed by atoms with Crippen molar-refractivity contribution in [2.45, 2.75) is 96.8 Å². The predicted octanol–water partition coefficient (Wildman–Crippen LogP) is 6.78. The van der Waals surface area contributed by atoms with Gasteiger partial charge in [-0.2, -0.15) is 0 Å². The topological polar surface area (TPSA) is 17.1 Å². The molecule has 21 heavy (non-hydrogen) atoms. The fourth-order valence-corrected chi connectivity index (χ4v) is 2.51. The molecule has 1 heteroatoms. The van der Waals surface area contributed by atoms with E-state index in [1.165, 1.54) is 77.0 Å². The van der Waals surface area contributed by atoms with Crippen LogP contribution in [-0.4, -0.2) is 6.29 Å². The summed E-state index contributed by atoms with van der Waals surface area (Å²) in [5, 5.41) is 0. The Labute approximate surface area is 132 Å². The highest BCUT2D eigenvalue weighted by atomic mass is 16.1. The van der Waals surface area contributed by atoms with Crippen LogP contribution >= 0.6 is 0 Å². The van der Waals surface area contributed by atoms with E-state index in [2.05, 4.69) is 19.1 Å². The van der Waals surface area contributed by atoms with Gasteiger partial charge >= 0.3 is 0 Å². The zero-order chi connectivity index (χ0) is 15.4. The van der Waals surface area contributed by atoms with Gasteiger partial charge in [0.25, 0.3) is 0 Å². The van der Waals surface area contributed by atoms with Gasteiger partial charge in [-0.1, -0.05) is 89.4 Å². The molecule has 0 rings (SSSR count). The molecule has 0 fully saturated rings. The maximum absolute atomic E-state index is 10.1. The van der Waals surface area contributed by atoms with Crippen molar-refractivity contribution in [1.29, 1.82) is 0 Å². The number of carbonyl (C=O) groups excluding carboxylic acids is 1. The highest BCUT2D eigenvalue weighted by Crippen LogP contribution is 2.12. The first kappa shape index (κ1) is 20.1. The molecule has 0 aliphatic rings. The summed E-state index contributed by atoms with van der Waals surface area (Å²) in [5.74, 6) is 0. The van der Waals surface area contributed by atoms with E-state index in [0.29, 0.717) is 0 Å². The molecule has 0 aromatic carbocycles. The standard InChI is InChI=1S/C20H36O/c1-2-3-4-5-6-7-8-9-10-11-12-13-14-15-16-17-18-19-20-21/h14-15,18-20H,2-13,16-17H2,1H3. The van der Waals surface area contributed by atoms with Gasteiger partial charge in [0.05, 0.1) is 0 Å². The molecular weight excluding hydrogens is 256 g/mol. The molecule has 0 radical (unpaired) electrons. The molecule has 1 nitrogen and oxygen atoms in total. The molecule has 0 saturated heterocycles. The lowest BCUT2D eigenvalue weighted by molar-refractivity contribution is -0.104. The number of rotatable bonds is 16. The van der Waals surface area contributed by atoms with Crippen LogP contribution in [0.1, 0.15) is 96.8 Å². The Morgan fingerprint density at radius 2 is 1.05 bits per heavy atom. The fourth-order valence-electron chi connectivity index (χ4n) is 2.51. The smallest absolute Gasteiger partial charge is 0.142 e. The Balaban J connectivity index is 3.06. The molecule has 0 aromatic rings. The molecule has 0 heterocycles. The van der Waals surface area contributed by atoms with E-state index in [0.717, 1.165) is 19.1 Å². The van der Waals surface area contributed by atoms with Crippen LogP contribution in [0.5, 0.6) is 0 Å². The van der Waals surface area contributed by atoms with Crippen LogP contribution in [-0.2, 0) is 4.79 Å². The van der Waals surface area contributed by atoms with Crippen LogP contribution in [0.3, 0.4) is 0 Å². The molecule has 0 unspecified atom stereocenters. The lowest BCUT2D eigenvalue weighted by Gasteiger charge is -2.01. The Morgan fingerprint density at radius 3 is 1.62 bits per heavy atom. The van der Waals surface area contributed by atoms with Crippen LogP contribution in [0.2, 0.25) is 0 Å². The normalized spacial score (nSPS) is 11.7. The number of hydrogen-bond acceptors (Lipinski definition) is 1. The maximum atomic E-state index is 10.1. The van der Waals surface area contributed by atoms with Gasteiger partial charge in [-0.3, -0.25) is 4.79 Å². The van der Waals surface area contributed by atoms with Gasteiger partial charge in [-0.05, 0) is 31.8 Å². The third kappa shape index (κ3) is 19.1. The van der Waals surface area contributed by atoms with E-state index >= 15 is 0 Å². The van der Waals surface area contributed by atoms with Gasteiger partial charge in [-0.25, -0.2) is 0 Å². The molecule has 0 saturated carbocycles. The van der Waals surface area contributed by atoms with Crippen molar-refractivity contribution in [2.24, 2.45) is 0 Å². The Morgan fingerprint density at radius 1 is 0.571 bits per heavy atom. The fraction of sp³-hybridized carbons (Fsp3) is 0.750. The summed E-state index contributed by atoms with van der Waals surface area (Å²) < 4.78 is 0. The van der Waals surface area contributed by atoms with Gasteiger partial charge in [0.2, 0.25) is 0 Å². The molecule has 0 amide bonds. The first-order chi connectivity index (χ1) is 10.4. The summed E-state index contributed by atoms with van der Waals surface area (Å²) in [7, 11) is 0. The van der Waals surface area contributed by atoms with Gasteiger partial charge in [0, 0.05) is 0 Å². The van der Waals surface area contributed by atoms with Crippen molar-refractivity contribution in [1.82, 2.24) is 0 Å². The van der Waals surface area contributed by atoms with E-state index in [1.807, 2.05) is 6.08 Å². The number of allylic oxidation sites excluding steroid dienone is 4. The van der Waals surface area contributed by atoms with Gasteiger partial charge in [-0.15, -0.1) is 0 Å².